The number of benzene rings is 2. The summed E-state index contributed by atoms with van der Waals surface area (Å²) in [5.74, 6) is 0.218. The van der Waals surface area contributed by atoms with E-state index in [1.807, 2.05) is 24.3 Å². The maximum absolute atomic E-state index is 12.5. The lowest BCUT2D eigenvalue weighted by atomic mass is 10.0. The summed E-state index contributed by atoms with van der Waals surface area (Å²) in [6.45, 7) is 4.91. The summed E-state index contributed by atoms with van der Waals surface area (Å²) in [4.78, 5) is 24.4. The molecule has 1 saturated carbocycles. The van der Waals surface area contributed by atoms with Crippen LogP contribution in [0.1, 0.15) is 61.0 Å². The molecule has 2 aromatic carbocycles. The van der Waals surface area contributed by atoms with Gasteiger partial charge < -0.3 is 18.8 Å². The first-order valence-electron chi connectivity index (χ1n) is 12.4. The quantitative estimate of drug-likeness (QED) is 0.289. The summed E-state index contributed by atoms with van der Waals surface area (Å²) in [5.41, 5.74) is 5.49. The van der Waals surface area contributed by atoms with Crippen molar-refractivity contribution in [2.45, 2.75) is 58.6 Å². The molecular weight excluding hydrogens is 456 g/mol. The van der Waals surface area contributed by atoms with Crippen LogP contribution in [0.3, 0.4) is 0 Å². The van der Waals surface area contributed by atoms with Gasteiger partial charge in [-0.15, -0.1) is 0 Å². The maximum Gasteiger partial charge on any atom is 0.411 e. The Morgan fingerprint density at radius 1 is 1.06 bits per heavy atom. The number of anilines is 1. The van der Waals surface area contributed by atoms with Gasteiger partial charge in [0.15, 0.2) is 0 Å². The molecule has 0 bridgehead atoms. The minimum Gasteiger partial charge on any atom is -0.496 e. The molecule has 1 aliphatic rings. The highest BCUT2D eigenvalue weighted by Crippen LogP contribution is 2.31. The normalized spacial score (nSPS) is 13.4. The highest BCUT2D eigenvalue weighted by molar-refractivity contribution is 5.92. The van der Waals surface area contributed by atoms with Crippen LogP contribution in [0.5, 0.6) is 5.75 Å². The third kappa shape index (κ3) is 5.90. The number of ether oxygens (including phenoxy) is 3. The first-order valence-corrected chi connectivity index (χ1v) is 12.4. The van der Waals surface area contributed by atoms with Crippen LogP contribution in [0, 0.1) is 0 Å². The Bertz CT molecular complexity index is 1280. The number of carbonyl (C=O) groups excluding carboxylic acids is 2. The predicted molar refractivity (Wildman–Crippen MR) is 141 cm³/mol. The number of carbonyl (C=O) groups is 2. The van der Waals surface area contributed by atoms with Crippen LogP contribution < -0.4 is 10.1 Å². The van der Waals surface area contributed by atoms with Gasteiger partial charge in [0.2, 0.25) is 0 Å². The number of rotatable bonds is 8. The Balaban J connectivity index is 1.66. The van der Waals surface area contributed by atoms with Crippen molar-refractivity contribution in [3.8, 4) is 5.75 Å². The van der Waals surface area contributed by atoms with Crippen LogP contribution >= 0.6 is 0 Å². The van der Waals surface area contributed by atoms with Gasteiger partial charge in [0.1, 0.15) is 11.9 Å². The molecule has 0 atom stereocenters. The van der Waals surface area contributed by atoms with Crippen molar-refractivity contribution in [2.24, 2.45) is 0 Å². The summed E-state index contributed by atoms with van der Waals surface area (Å²) in [7, 11) is 2.95. The van der Waals surface area contributed by atoms with E-state index in [1.165, 1.54) is 12.7 Å². The van der Waals surface area contributed by atoms with Gasteiger partial charge in [0, 0.05) is 35.8 Å². The van der Waals surface area contributed by atoms with Crippen molar-refractivity contribution in [3.63, 3.8) is 0 Å². The molecule has 4 rings (SSSR count). The molecule has 1 aliphatic carbocycles. The first-order chi connectivity index (χ1) is 17.4. The van der Waals surface area contributed by atoms with Gasteiger partial charge >= 0.3 is 12.1 Å². The molecule has 1 amide bonds. The van der Waals surface area contributed by atoms with E-state index >= 15 is 0 Å². The van der Waals surface area contributed by atoms with Crippen molar-refractivity contribution in [1.82, 2.24) is 4.57 Å². The fourth-order valence-electron chi connectivity index (χ4n) is 4.67. The van der Waals surface area contributed by atoms with E-state index in [1.54, 1.807) is 19.2 Å². The maximum atomic E-state index is 12.5. The van der Waals surface area contributed by atoms with E-state index in [2.05, 4.69) is 36.0 Å². The summed E-state index contributed by atoms with van der Waals surface area (Å²) < 4.78 is 18.2. The van der Waals surface area contributed by atoms with Gasteiger partial charge in [-0.2, -0.15) is 0 Å². The van der Waals surface area contributed by atoms with Crippen LogP contribution in [-0.2, 0) is 22.4 Å². The smallest absolute Gasteiger partial charge is 0.411 e. The second kappa shape index (κ2) is 11.3. The molecule has 7 nitrogen and oxygen atoms in total. The lowest BCUT2D eigenvalue weighted by Crippen LogP contribution is -2.20. The van der Waals surface area contributed by atoms with Gasteiger partial charge in [-0.3, -0.25) is 5.32 Å². The number of esters is 1. The highest BCUT2D eigenvalue weighted by Gasteiger charge is 2.20. The topological polar surface area (TPSA) is 78.8 Å². The first kappa shape index (κ1) is 25.4. The van der Waals surface area contributed by atoms with Gasteiger partial charge in [0.05, 0.1) is 19.8 Å². The number of amides is 1. The predicted octanol–water partition coefficient (Wildman–Crippen LogP) is 6.48. The number of allylic oxidation sites excluding steroid dienone is 2. The fraction of sp³-hybridized carbons (Fsp3) is 0.379. The van der Waals surface area contributed by atoms with Gasteiger partial charge in [-0.1, -0.05) is 17.7 Å². The van der Waals surface area contributed by atoms with E-state index in [0.29, 0.717) is 23.4 Å². The van der Waals surface area contributed by atoms with Crippen molar-refractivity contribution in [3.05, 3.63) is 70.9 Å². The van der Waals surface area contributed by atoms with Crippen molar-refractivity contribution >= 4 is 28.7 Å². The number of fused-ring (bicyclic) bond motifs is 1. The number of hydrogen-bond donors (Lipinski definition) is 1. The van der Waals surface area contributed by atoms with E-state index in [0.717, 1.165) is 54.3 Å². The van der Waals surface area contributed by atoms with Crippen molar-refractivity contribution in [2.75, 3.05) is 19.5 Å². The molecular formula is C29H34N2O5. The fourth-order valence-corrected chi connectivity index (χ4v) is 4.67. The third-order valence-corrected chi connectivity index (χ3v) is 6.57. The SMILES string of the molecule is COC(=O)c1ccc(Cc2cn(CC=C(C)C)c3ccc(NC(=O)OC4CCCC4)cc23)c(OC)c1. The molecule has 1 fully saturated rings. The summed E-state index contributed by atoms with van der Waals surface area (Å²) >= 11 is 0. The lowest BCUT2D eigenvalue weighted by Gasteiger charge is -2.13. The number of nitrogens with zero attached hydrogens (tertiary/aromatic N) is 1. The van der Waals surface area contributed by atoms with Crippen LogP contribution in [0.2, 0.25) is 0 Å². The molecule has 0 saturated heterocycles. The van der Waals surface area contributed by atoms with Crippen LogP contribution in [-0.4, -0.2) is 37.0 Å². The average molecular weight is 491 g/mol. The average Bonchev–Trinajstić information content (AvgIpc) is 3.50. The molecule has 1 aromatic heterocycles. The zero-order valence-electron chi connectivity index (χ0n) is 21.4. The van der Waals surface area contributed by atoms with Crippen LogP contribution in [0.25, 0.3) is 10.9 Å². The molecule has 190 valence electrons. The largest absolute Gasteiger partial charge is 0.496 e. The van der Waals surface area contributed by atoms with Gasteiger partial charge in [0.25, 0.3) is 0 Å². The summed E-state index contributed by atoms with van der Waals surface area (Å²) in [5, 5.41) is 3.94. The Morgan fingerprint density at radius 3 is 2.53 bits per heavy atom. The second-order valence-electron chi connectivity index (χ2n) is 9.45. The zero-order chi connectivity index (χ0) is 25.7. The lowest BCUT2D eigenvalue weighted by molar-refractivity contribution is 0.0600. The minimum atomic E-state index is -0.410. The van der Waals surface area contributed by atoms with Crippen LogP contribution in [0.4, 0.5) is 10.5 Å². The molecule has 0 aliphatic heterocycles. The molecule has 3 aromatic rings. The molecule has 1 heterocycles. The Morgan fingerprint density at radius 2 is 1.83 bits per heavy atom. The standard InChI is InChI=1S/C29H34N2O5/c1-19(2)13-14-31-18-22(15-20-9-10-21(28(32)35-4)16-27(20)34-3)25-17-23(11-12-26(25)31)30-29(33)36-24-7-5-6-8-24/h9-13,16-18,24H,5-8,14-15H2,1-4H3,(H,30,33). The van der Waals surface area contributed by atoms with Crippen molar-refractivity contribution < 1.29 is 23.8 Å². The number of hydrogen-bond acceptors (Lipinski definition) is 5. The summed E-state index contributed by atoms with van der Waals surface area (Å²) in [6, 6.07) is 11.3. The monoisotopic (exact) mass is 490 g/mol. The zero-order valence-corrected chi connectivity index (χ0v) is 21.4. The molecule has 0 spiro atoms. The van der Waals surface area contributed by atoms with E-state index in [-0.39, 0.29) is 6.10 Å². The molecule has 0 unspecified atom stereocenters. The molecule has 7 heteroatoms. The van der Waals surface area contributed by atoms with E-state index < -0.39 is 12.1 Å². The van der Waals surface area contributed by atoms with Gasteiger partial charge in [-0.25, -0.2) is 9.59 Å². The number of nitrogens with one attached hydrogen (secondary N) is 1. The minimum absolute atomic E-state index is 0.00914. The molecule has 1 N–H and O–H groups in total. The van der Waals surface area contributed by atoms with Crippen LogP contribution in [0.15, 0.2) is 54.2 Å². The van der Waals surface area contributed by atoms with Gasteiger partial charge in [-0.05, 0) is 81.0 Å². The molecule has 36 heavy (non-hydrogen) atoms. The summed E-state index contributed by atoms with van der Waals surface area (Å²) in [6.07, 6.45) is 8.59. The second-order valence-corrected chi connectivity index (χ2v) is 9.45. The Hall–Kier alpha value is -3.74. The van der Waals surface area contributed by atoms with E-state index in [9.17, 15) is 9.59 Å². The van der Waals surface area contributed by atoms with E-state index in [4.69, 9.17) is 14.2 Å². The number of aromatic nitrogens is 1. The Kier molecular flexibility index (Phi) is 7.98. The third-order valence-electron chi connectivity index (χ3n) is 6.57. The number of methoxy groups -OCH3 is 2. The Labute approximate surface area is 212 Å². The molecule has 0 radical (unpaired) electrons. The highest BCUT2D eigenvalue weighted by atomic mass is 16.6. The van der Waals surface area contributed by atoms with Crippen molar-refractivity contribution in [1.29, 1.82) is 0 Å².